The maximum atomic E-state index is 11.7. The third-order valence-electron chi connectivity index (χ3n) is 2.62. The number of carbonyl (C=O) groups excluding carboxylic acids is 1. The molecule has 2 unspecified atom stereocenters. The van der Waals surface area contributed by atoms with Crippen molar-refractivity contribution in [1.29, 1.82) is 0 Å². The van der Waals surface area contributed by atoms with Crippen LogP contribution in [0.2, 0.25) is 0 Å². The number of allylic oxidation sites excluding steroid dienone is 1. The van der Waals surface area contributed by atoms with Crippen molar-refractivity contribution >= 4 is 11.9 Å². The van der Waals surface area contributed by atoms with Crippen LogP contribution in [0.3, 0.4) is 0 Å². The van der Waals surface area contributed by atoms with E-state index in [4.69, 9.17) is 9.84 Å². The fourth-order valence-electron chi connectivity index (χ4n) is 1.67. The van der Waals surface area contributed by atoms with Crippen molar-refractivity contribution in [2.75, 3.05) is 20.3 Å². The number of hydrogen-bond acceptors (Lipinski definition) is 3. The van der Waals surface area contributed by atoms with E-state index in [1.54, 1.807) is 7.05 Å². The molecule has 1 rings (SSSR count). The van der Waals surface area contributed by atoms with Gasteiger partial charge in [0, 0.05) is 13.1 Å². The smallest absolute Gasteiger partial charge is 0.311 e. The molecule has 0 aliphatic carbocycles. The summed E-state index contributed by atoms with van der Waals surface area (Å²) in [6.07, 6.45) is 1.50. The van der Waals surface area contributed by atoms with Crippen LogP contribution in [0.15, 0.2) is 11.6 Å². The fraction of sp³-hybridized carbons (Fsp3) is 0.636. The van der Waals surface area contributed by atoms with Crippen molar-refractivity contribution in [3.8, 4) is 0 Å². The predicted molar refractivity (Wildman–Crippen MR) is 57.9 cm³/mol. The molecule has 1 fully saturated rings. The average molecular weight is 227 g/mol. The van der Waals surface area contributed by atoms with Gasteiger partial charge in [0.25, 0.3) is 0 Å². The lowest BCUT2D eigenvalue weighted by Gasteiger charge is -2.25. The highest BCUT2D eigenvalue weighted by molar-refractivity contribution is 5.88. The van der Waals surface area contributed by atoms with Gasteiger partial charge in [-0.05, 0) is 13.8 Å². The second-order valence-corrected chi connectivity index (χ2v) is 4.22. The number of carbonyl (C=O) groups is 2. The first-order chi connectivity index (χ1) is 7.43. The summed E-state index contributed by atoms with van der Waals surface area (Å²) in [6.45, 7) is 4.11. The number of carboxylic acids is 1. The second-order valence-electron chi connectivity index (χ2n) is 4.22. The minimum absolute atomic E-state index is 0.173. The maximum absolute atomic E-state index is 11.7. The van der Waals surface area contributed by atoms with Gasteiger partial charge >= 0.3 is 5.97 Å². The van der Waals surface area contributed by atoms with E-state index in [0.717, 1.165) is 5.57 Å². The average Bonchev–Trinajstić information content (AvgIpc) is 2.63. The fourth-order valence-corrected chi connectivity index (χ4v) is 1.67. The lowest BCUT2D eigenvalue weighted by atomic mass is 10.0. The van der Waals surface area contributed by atoms with Gasteiger partial charge in [-0.25, -0.2) is 0 Å². The Bertz CT molecular complexity index is 320. The molecule has 0 aromatic rings. The van der Waals surface area contributed by atoms with Gasteiger partial charge in [-0.3, -0.25) is 9.59 Å². The predicted octanol–water partition coefficient (Wildman–Crippen LogP) is 0.511. The first kappa shape index (κ1) is 12.7. The van der Waals surface area contributed by atoms with Crippen LogP contribution >= 0.6 is 0 Å². The van der Waals surface area contributed by atoms with Gasteiger partial charge in [-0.2, -0.15) is 0 Å². The largest absolute Gasteiger partial charge is 0.481 e. The number of aliphatic carboxylic acids is 1. The van der Waals surface area contributed by atoms with Crippen molar-refractivity contribution in [1.82, 2.24) is 4.90 Å². The molecular formula is C11H17NO4. The molecule has 1 amide bonds. The third-order valence-corrected chi connectivity index (χ3v) is 2.62. The minimum Gasteiger partial charge on any atom is -0.481 e. The Morgan fingerprint density at radius 2 is 2.00 bits per heavy atom. The number of likely N-dealkylation sites (N-methyl/N-ethyl adjacent to an activating group) is 1. The molecule has 5 nitrogen and oxygen atoms in total. The van der Waals surface area contributed by atoms with E-state index >= 15 is 0 Å². The van der Waals surface area contributed by atoms with E-state index < -0.39 is 11.9 Å². The molecule has 90 valence electrons. The topological polar surface area (TPSA) is 66.8 Å². The number of carboxylic acid groups (broad SMARTS) is 1. The lowest BCUT2D eigenvalue weighted by Crippen LogP contribution is -2.43. The quantitative estimate of drug-likeness (QED) is 0.713. The molecule has 0 saturated carbocycles. The summed E-state index contributed by atoms with van der Waals surface area (Å²) in [7, 11) is 1.61. The van der Waals surface area contributed by atoms with Crippen LogP contribution in [-0.2, 0) is 14.3 Å². The van der Waals surface area contributed by atoms with Crippen LogP contribution in [0.25, 0.3) is 0 Å². The first-order valence-electron chi connectivity index (χ1n) is 5.15. The zero-order valence-electron chi connectivity index (χ0n) is 9.77. The summed E-state index contributed by atoms with van der Waals surface area (Å²) in [5, 5.41) is 8.96. The summed E-state index contributed by atoms with van der Waals surface area (Å²) in [5.41, 5.74) is 0.891. The van der Waals surface area contributed by atoms with E-state index in [1.165, 1.54) is 11.0 Å². The van der Waals surface area contributed by atoms with E-state index in [9.17, 15) is 9.59 Å². The van der Waals surface area contributed by atoms with Crippen LogP contribution in [0.1, 0.15) is 13.8 Å². The number of ether oxygens (including phenoxy) is 1. The van der Waals surface area contributed by atoms with Crippen LogP contribution in [0, 0.1) is 5.92 Å². The van der Waals surface area contributed by atoms with Gasteiger partial charge < -0.3 is 14.7 Å². The van der Waals surface area contributed by atoms with Gasteiger partial charge in [0.2, 0.25) is 5.91 Å². The van der Waals surface area contributed by atoms with Crippen molar-refractivity contribution in [2.24, 2.45) is 5.92 Å². The highest BCUT2D eigenvalue weighted by Gasteiger charge is 2.37. The Balaban J connectivity index is 2.73. The molecule has 0 aromatic heterocycles. The molecule has 1 heterocycles. The first-order valence-corrected chi connectivity index (χ1v) is 5.15. The molecule has 0 bridgehead atoms. The summed E-state index contributed by atoms with van der Waals surface area (Å²) >= 11 is 0. The van der Waals surface area contributed by atoms with Gasteiger partial charge in [-0.1, -0.05) is 5.57 Å². The molecule has 1 aliphatic rings. The monoisotopic (exact) mass is 227 g/mol. The molecule has 5 heteroatoms. The molecule has 1 aliphatic heterocycles. The molecule has 2 atom stereocenters. The van der Waals surface area contributed by atoms with E-state index in [2.05, 4.69) is 0 Å². The van der Waals surface area contributed by atoms with Gasteiger partial charge in [-0.15, -0.1) is 0 Å². The lowest BCUT2D eigenvalue weighted by molar-refractivity contribution is -0.143. The van der Waals surface area contributed by atoms with Crippen molar-refractivity contribution in [3.05, 3.63) is 11.6 Å². The molecule has 1 saturated heterocycles. The summed E-state index contributed by atoms with van der Waals surface area (Å²) in [4.78, 5) is 24.1. The number of amides is 1. The number of rotatable bonds is 3. The van der Waals surface area contributed by atoms with E-state index in [0.29, 0.717) is 0 Å². The highest BCUT2D eigenvalue weighted by atomic mass is 16.5. The second kappa shape index (κ2) is 5.12. The summed E-state index contributed by atoms with van der Waals surface area (Å²) in [6, 6.07) is -0.374. The molecule has 16 heavy (non-hydrogen) atoms. The van der Waals surface area contributed by atoms with E-state index in [-0.39, 0.29) is 25.2 Å². The highest BCUT2D eigenvalue weighted by Crippen LogP contribution is 2.19. The minimum atomic E-state index is -0.917. The van der Waals surface area contributed by atoms with Crippen molar-refractivity contribution in [2.45, 2.75) is 19.9 Å². The van der Waals surface area contributed by atoms with Gasteiger partial charge in [0.05, 0.1) is 19.3 Å². The zero-order valence-corrected chi connectivity index (χ0v) is 9.77. The standard InChI is InChI=1S/C11H17NO4/c1-7(2)4-10(13)12(3)9-6-16-5-8(9)11(14)15/h4,8-9H,5-6H2,1-3H3,(H,14,15). The van der Waals surface area contributed by atoms with Gasteiger partial charge in [0.1, 0.15) is 5.92 Å². The Hall–Kier alpha value is -1.36. The molecule has 0 spiro atoms. The van der Waals surface area contributed by atoms with Gasteiger partial charge in [0.15, 0.2) is 0 Å². The van der Waals surface area contributed by atoms with Crippen LogP contribution in [0.4, 0.5) is 0 Å². The third kappa shape index (κ3) is 2.82. The molecule has 1 N–H and O–H groups in total. The molecular weight excluding hydrogens is 210 g/mol. The Morgan fingerprint density at radius 3 is 2.50 bits per heavy atom. The van der Waals surface area contributed by atoms with Crippen LogP contribution in [0.5, 0.6) is 0 Å². The number of nitrogens with zero attached hydrogens (tertiary/aromatic N) is 1. The number of hydrogen-bond donors (Lipinski definition) is 1. The van der Waals surface area contributed by atoms with E-state index in [1.807, 2.05) is 13.8 Å². The normalized spacial score (nSPS) is 23.9. The molecule has 0 radical (unpaired) electrons. The summed E-state index contributed by atoms with van der Waals surface area (Å²) in [5.74, 6) is -1.72. The van der Waals surface area contributed by atoms with Crippen LogP contribution in [-0.4, -0.2) is 48.2 Å². The SMILES string of the molecule is CC(C)=CC(=O)N(C)C1COCC1C(=O)O. The maximum Gasteiger partial charge on any atom is 0.311 e. The van der Waals surface area contributed by atoms with Crippen molar-refractivity contribution < 1.29 is 19.4 Å². The Morgan fingerprint density at radius 1 is 1.38 bits per heavy atom. The van der Waals surface area contributed by atoms with Crippen molar-refractivity contribution in [3.63, 3.8) is 0 Å². The Kier molecular flexibility index (Phi) is 4.06. The Labute approximate surface area is 94.7 Å². The molecule has 0 aromatic carbocycles. The summed E-state index contributed by atoms with van der Waals surface area (Å²) < 4.78 is 5.11. The zero-order chi connectivity index (χ0) is 12.3. The van der Waals surface area contributed by atoms with Crippen LogP contribution < -0.4 is 0 Å².